The number of aliphatic hydroxyl groups excluding tert-OH is 1. The molecule has 0 saturated heterocycles. The molecule has 1 amide bonds. The zero-order valence-electron chi connectivity index (χ0n) is 17.9. The van der Waals surface area contributed by atoms with Gasteiger partial charge in [0.1, 0.15) is 0 Å². The maximum Gasteiger partial charge on any atom is 0.290 e. The maximum absolute atomic E-state index is 13.7. The highest BCUT2D eigenvalue weighted by molar-refractivity contribution is 7.14. The number of aromatic nitrogens is 2. The molecule has 7 heteroatoms. The third kappa shape index (κ3) is 3.02. The van der Waals surface area contributed by atoms with Crippen molar-refractivity contribution < 1.29 is 14.7 Å². The average molecular weight is 436 g/mol. The zero-order chi connectivity index (χ0) is 21.9. The van der Waals surface area contributed by atoms with Crippen LogP contribution in [0.4, 0.5) is 0 Å². The van der Waals surface area contributed by atoms with Gasteiger partial charge < -0.3 is 14.6 Å². The van der Waals surface area contributed by atoms with Gasteiger partial charge >= 0.3 is 0 Å². The Hall–Kier alpha value is -2.93. The summed E-state index contributed by atoms with van der Waals surface area (Å²) in [7, 11) is 1.96. The molecule has 2 aliphatic rings. The normalized spacial score (nSPS) is 19.9. The first kappa shape index (κ1) is 20.0. The molecule has 160 valence electrons. The van der Waals surface area contributed by atoms with Crippen molar-refractivity contribution >= 4 is 33.9 Å². The van der Waals surface area contributed by atoms with Gasteiger partial charge in [0.05, 0.1) is 27.2 Å². The summed E-state index contributed by atoms with van der Waals surface area (Å²) in [6.45, 7) is 3.66. The van der Waals surface area contributed by atoms with Crippen molar-refractivity contribution in [3.63, 3.8) is 0 Å². The highest BCUT2D eigenvalue weighted by Gasteiger charge is 2.48. The van der Waals surface area contributed by atoms with Gasteiger partial charge in [0.2, 0.25) is 5.78 Å². The number of nitrogens with zero attached hydrogens (tertiary/aromatic N) is 3. The minimum Gasteiger partial charge on any atom is -0.503 e. The molecule has 6 nitrogen and oxygen atoms in total. The van der Waals surface area contributed by atoms with Crippen LogP contribution in [-0.4, -0.2) is 37.3 Å². The van der Waals surface area contributed by atoms with Crippen LogP contribution < -0.4 is 0 Å². The summed E-state index contributed by atoms with van der Waals surface area (Å²) in [5.74, 6) is -1.15. The molecule has 0 bridgehead atoms. The summed E-state index contributed by atoms with van der Waals surface area (Å²) < 4.78 is 2.02. The molecule has 1 atom stereocenters. The highest BCUT2D eigenvalue weighted by atomic mass is 32.1. The highest BCUT2D eigenvalue weighted by Crippen LogP contribution is 2.46. The molecule has 0 spiro atoms. The molecule has 1 aromatic carbocycles. The Morgan fingerprint density at radius 2 is 1.90 bits per heavy atom. The van der Waals surface area contributed by atoms with Crippen LogP contribution in [0.3, 0.4) is 0 Å². The molecule has 1 N–H and O–H groups in total. The van der Waals surface area contributed by atoms with Gasteiger partial charge in [-0.05, 0) is 32.8 Å². The van der Waals surface area contributed by atoms with Gasteiger partial charge in [0, 0.05) is 35.8 Å². The topological polar surface area (TPSA) is 75.4 Å². The number of ketones is 1. The predicted molar refractivity (Wildman–Crippen MR) is 120 cm³/mol. The Kier molecular flexibility index (Phi) is 4.73. The van der Waals surface area contributed by atoms with E-state index in [2.05, 4.69) is 4.98 Å². The number of carbonyl (C=O) groups excluding carboxylic acids is 2. The molecule has 1 aliphatic heterocycles. The van der Waals surface area contributed by atoms with Crippen molar-refractivity contribution in [2.75, 3.05) is 0 Å². The van der Waals surface area contributed by atoms with Crippen LogP contribution in [0.2, 0.25) is 0 Å². The monoisotopic (exact) mass is 435 g/mol. The van der Waals surface area contributed by atoms with E-state index in [-0.39, 0.29) is 17.4 Å². The first-order valence-electron chi connectivity index (χ1n) is 10.7. The smallest absolute Gasteiger partial charge is 0.290 e. The van der Waals surface area contributed by atoms with Crippen LogP contribution in [0.1, 0.15) is 57.7 Å². The van der Waals surface area contributed by atoms with Crippen LogP contribution in [0.25, 0.3) is 10.9 Å². The van der Waals surface area contributed by atoms with Crippen LogP contribution >= 0.6 is 11.3 Å². The van der Waals surface area contributed by atoms with Crippen molar-refractivity contribution in [2.24, 2.45) is 7.05 Å². The molecule has 1 unspecified atom stereocenters. The van der Waals surface area contributed by atoms with E-state index in [1.807, 2.05) is 49.0 Å². The number of Topliss-reactive ketones (excluding diaryl/α,β-unsaturated/α-hetero) is 1. The van der Waals surface area contributed by atoms with Crippen molar-refractivity contribution in [2.45, 2.75) is 51.6 Å². The van der Waals surface area contributed by atoms with Crippen molar-refractivity contribution in [3.05, 3.63) is 62.9 Å². The van der Waals surface area contributed by atoms with Crippen LogP contribution in [0.15, 0.2) is 41.8 Å². The molecule has 3 aromatic rings. The molecular weight excluding hydrogens is 410 g/mol. The Morgan fingerprint density at radius 3 is 2.58 bits per heavy atom. The van der Waals surface area contributed by atoms with E-state index in [1.165, 1.54) is 11.3 Å². The van der Waals surface area contributed by atoms with E-state index in [0.29, 0.717) is 10.6 Å². The Labute approximate surface area is 184 Å². The number of para-hydroxylation sites is 1. The number of benzene rings is 1. The van der Waals surface area contributed by atoms with Gasteiger partial charge in [0.25, 0.3) is 5.91 Å². The number of aryl methyl sites for hydroxylation is 3. The van der Waals surface area contributed by atoms with Crippen LogP contribution in [0.5, 0.6) is 0 Å². The number of hydrogen-bond donors (Lipinski definition) is 1. The third-order valence-corrected chi connectivity index (χ3v) is 7.61. The largest absolute Gasteiger partial charge is 0.503 e. The van der Waals surface area contributed by atoms with Gasteiger partial charge in [-0.1, -0.05) is 31.0 Å². The first-order valence-corrected chi connectivity index (χ1v) is 11.5. The van der Waals surface area contributed by atoms with Crippen LogP contribution in [0, 0.1) is 13.8 Å². The second-order valence-electron chi connectivity index (χ2n) is 8.50. The maximum atomic E-state index is 13.7. The lowest BCUT2D eigenvalue weighted by atomic mass is 9.94. The molecule has 31 heavy (non-hydrogen) atoms. The second kappa shape index (κ2) is 7.34. The summed E-state index contributed by atoms with van der Waals surface area (Å²) in [5.41, 5.74) is 2.72. The van der Waals surface area contributed by atoms with E-state index in [0.717, 1.165) is 47.2 Å². The summed E-state index contributed by atoms with van der Waals surface area (Å²) >= 11 is 1.31. The molecule has 1 aliphatic carbocycles. The number of thiazole rings is 1. The SMILES string of the molecule is Cc1nc(C)c(C(=O)C2=C(O)C(=O)N(C3CCCC3)C2c2cn(C)c3ccccc23)s1. The molecule has 2 aromatic heterocycles. The number of hydrogen-bond acceptors (Lipinski definition) is 5. The lowest BCUT2D eigenvalue weighted by Gasteiger charge is -2.31. The van der Waals surface area contributed by atoms with Crippen molar-refractivity contribution in [3.8, 4) is 0 Å². The fraction of sp³-hybridized carbons (Fsp3) is 0.375. The summed E-state index contributed by atoms with van der Waals surface area (Å²) in [6, 6.07) is 7.40. The van der Waals surface area contributed by atoms with Gasteiger partial charge in [0.15, 0.2) is 5.76 Å². The summed E-state index contributed by atoms with van der Waals surface area (Å²) in [4.78, 5) is 33.6. The minimum atomic E-state index is -0.601. The molecule has 1 saturated carbocycles. The number of amides is 1. The standard InChI is InChI=1S/C24H25N3O3S/c1-13-23(31-14(2)25-13)21(28)19-20(17-12-26(3)18-11-7-6-10-16(17)18)27(24(30)22(19)29)15-8-4-5-9-15/h6-7,10-12,15,20,29H,4-5,8-9H2,1-3H3. The van der Waals surface area contributed by atoms with Gasteiger partial charge in [-0.2, -0.15) is 0 Å². The second-order valence-corrected chi connectivity index (χ2v) is 9.71. The van der Waals surface area contributed by atoms with E-state index in [9.17, 15) is 14.7 Å². The minimum absolute atomic E-state index is 0.0215. The zero-order valence-corrected chi connectivity index (χ0v) is 18.7. The van der Waals surface area contributed by atoms with E-state index in [1.54, 1.807) is 11.8 Å². The van der Waals surface area contributed by atoms with Crippen molar-refractivity contribution in [1.29, 1.82) is 0 Å². The molecule has 5 rings (SSSR count). The van der Waals surface area contributed by atoms with E-state index < -0.39 is 17.7 Å². The number of aliphatic hydroxyl groups is 1. The molecule has 1 fully saturated rings. The Morgan fingerprint density at radius 1 is 1.19 bits per heavy atom. The quantitative estimate of drug-likeness (QED) is 0.599. The van der Waals surface area contributed by atoms with Crippen LogP contribution in [-0.2, 0) is 11.8 Å². The van der Waals surface area contributed by atoms with E-state index in [4.69, 9.17) is 0 Å². The number of carbonyl (C=O) groups is 2. The fourth-order valence-corrected chi connectivity index (χ4v) is 6.05. The number of rotatable bonds is 4. The van der Waals surface area contributed by atoms with Gasteiger partial charge in [-0.3, -0.25) is 9.59 Å². The first-order chi connectivity index (χ1) is 14.9. The Balaban J connectivity index is 1.72. The lowest BCUT2D eigenvalue weighted by Crippen LogP contribution is -2.38. The fourth-order valence-electron chi connectivity index (χ4n) is 5.17. The summed E-state index contributed by atoms with van der Waals surface area (Å²) in [6.07, 6.45) is 5.86. The third-order valence-electron chi connectivity index (χ3n) is 6.54. The van der Waals surface area contributed by atoms with Gasteiger partial charge in [-0.25, -0.2) is 4.98 Å². The predicted octanol–water partition coefficient (Wildman–Crippen LogP) is 4.77. The molecular formula is C24H25N3O3S. The summed E-state index contributed by atoms with van der Waals surface area (Å²) in [5, 5.41) is 12.8. The average Bonchev–Trinajstić information content (AvgIpc) is 3.50. The number of fused-ring (bicyclic) bond motifs is 1. The molecule has 0 radical (unpaired) electrons. The van der Waals surface area contributed by atoms with Gasteiger partial charge in [-0.15, -0.1) is 11.3 Å². The molecule has 3 heterocycles. The van der Waals surface area contributed by atoms with Crippen molar-refractivity contribution in [1.82, 2.24) is 14.5 Å². The Bertz CT molecular complexity index is 1250. The van der Waals surface area contributed by atoms with E-state index >= 15 is 0 Å². The lowest BCUT2D eigenvalue weighted by molar-refractivity contribution is -0.131.